The summed E-state index contributed by atoms with van der Waals surface area (Å²) in [5.41, 5.74) is 0. The van der Waals surface area contributed by atoms with Gasteiger partial charge in [0.05, 0.1) is 0 Å². The van der Waals surface area contributed by atoms with Crippen molar-refractivity contribution in [2.75, 3.05) is 0 Å². The van der Waals surface area contributed by atoms with Crippen LogP contribution in [-0.4, -0.2) is 0 Å². The zero-order valence-corrected chi connectivity index (χ0v) is 12.6. The van der Waals surface area contributed by atoms with Crippen molar-refractivity contribution in [1.29, 1.82) is 0 Å². The van der Waals surface area contributed by atoms with E-state index in [1.807, 2.05) is 0 Å². The minimum Gasteiger partial charge on any atom is -0.0654 e. The van der Waals surface area contributed by atoms with Crippen LogP contribution in [0, 0.1) is 5.92 Å². The summed E-state index contributed by atoms with van der Waals surface area (Å²) >= 11 is 0. The van der Waals surface area contributed by atoms with Crippen LogP contribution in [0.2, 0.25) is 0 Å². The maximum atomic E-state index is 2.29. The van der Waals surface area contributed by atoms with Crippen molar-refractivity contribution in [3.05, 3.63) is 0 Å². The van der Waals surface area contributed by atoms with E-state index in [-0.39, 0.29) is 27.7 Å². The predicted octanol–water partition coefficient (Wildman–Crippen LogP) is 3.22. The minimum atomic E-state index is 0. The molecule has 0 aromatic carbocycles. The minimum absolute atomic E-state index is 0. The molecule has 0 atom stereocenters. The molecule has 0 saturated carbocycles. The first-order valence-electron chi connectivity index (χ1n) is 3.77. The van der Waals surface area contributed by atoms with Crippen LogP contribution >= 0.6 is 0 Å². The van der Waals surface area contributed by atoms with Crippen LogP contribution in [0.5, 0.6) is 0 Å². The quantitative estimate of drug-likeness (QED) is 0.552. The molecule has 1 heteroatoms. The Morgan fingerprint density at radius 1 is 1.11 bits per heavy atom. The molecule has 0 aromatic rings. The van der Waals surface area contributed by atoms with Gasteiger partial charge in [-0.25, -0.2) is 0 Å². The van der Waals surface area contributed by atoms with Crippen molar-refractivity contribution in [3.63, 3.8) is 0 Å². The largest absolute Gasteiger partial charge is 0.0654 e. The van der Waals surface area contributed by atoms with Crippen LogP contribution < -0.4 is 0 Å². The summed E-state index contributed by atoms with van der Waals surface area (Å²) in [6.07, 6.45) is 5.60. The van der Waals surface area contributed by atoms with E-state index < -0.39 is 0 Å². The third-order valence-electron chi connectivity index (χ3n) is 1.39. The molecule has 0 saturated heterocycles. The molecule has 0 aliphatic rings. The summed E-state index contributed by atoms with van der Waals surface area (Å²) in [6.45, 7) is 6.83. The van der Waals surface area contributed by atoms with Gasteiger partial charge in [-0.15, -0.1) is 0 Å². The second-order valence-electron chi connectivity index (χ2n) is 2.89. The molecule has 0 radical (unpaired) electrons. The van der Waals surface area contributed by atoms with Gasteiger partial charge in [0, 0.05) is 27.7 Å². The van der Waals surface area contributed by atoms with Crippen molar-refractivity contribution < 1.29 is 27.7 Å². The molecule has 52 valence electrons. The molecule has 0 rings (SSSR count). The number of rotatable bonds is 4. The number of hydrogen-bond donors (Lipinski definition) is 0. The molecule has 0 amide bonds. The zero-order valence-electron chi connectivity index (χ0n) is 7.11. The Morgan fingerprint density at radius 2 is 1.67 bits per heavy atom. The molecule has 0 fully saturated rings. The van der Waals surface area contributed by atoms with Gasteiger partial charge >= 0.3 is 0 Å². The van der Waals surface area contributed by atoms with Gasteiger partial charge < -0.3 is 0 Å². The fourth-order valence-corrected chi connectivity index (χ4v) is 0.803. The van der Waals surface area contributed by atoms with Crippen LogP contribution in [0.15, 0.2) is 0 Å². The van der Waals surface area contributed by atoms with Gasteiger partial charge in [0.2, 0.25) is 0 Å². The Kier molecular flexibility index (Phi) is 12.5. The molecule has 0 aliphatic carbocycles. The van der Waals surface area contributed by atoms with E-state index in [1.54, 1.807) is 0 Å². The van der Waals surface area contributed by atoms with Crippen molar-refractivity contribution in [1.82, 2.24) is 0 Å². The van der Waals surface area contributed by atoms with Gasteiger partial charge in [0.15, 0.2) is 0 Å². The summed E-state index contributed by atoms with van der Waals surface area (Å²) in [5.74, 6) is 0.904. The second-order valence-corrected chi connectivity index (χ2v) is 2.89. The Balaban J connectivity index is 0. The molecular formula is C8H18Hg. The first-order chi connectivity index (χ1) is 3.77. The Labute approximate surface area is 79.9 Å². The van der Waals surface area contributed by atoms with Gasteiger partial charge in [-0.1, -0.05) is 46.5 Å². The summed E-state index contributed by atoms with van der Waals surface area (Å²) < 4.78 is 0. The van der Waals surface area contributed by atoms with Crippen molar-refractivity contribution in [2.45, 2.75) is 46.5 Å². The van der Waals surface area contributed by atoms with Crippen molar-refractivity contribution >= 4 is 0 Å². The topological polar surface area (TPSA) is 0 Å². The summed E-state index contributed by atoms with van der Waals surface area (Å²) in [5, 5.41) is 0. The maximum absolute atomic E-state index is 2.29. The maximum Gasteiger partial charge on any atom is 0 e. The molecule has 0 spiro atoms. The molecule has 9 heavy (non-hydrogen) atoms. The van der Waals surface area contributed by atoms with E-state index in [2.05, 4.69) is 20.8 Å². The third-order valence-corrected chi connectivity index (χ3v) is 1.39. The van der Waals surface area contributed by atoms with Crippen LogP contribution in [0.25, 0.3) is 0 Å². The van der Waals surface area contributed by atoms with Gasteiger partial charge in [-0.05, 0) is 5.92 Å². The smallest absolute Gasteiger partial charge is 0 e. The van der Waals surface area contributed by atoms with Crippen molar-refractivity contribution in [3.8, 4) is 0 Å². The van der Waals surface area contributed by atoms with E-state index in [9.17, 15) is 0 Å². The van der Waals surface area contributed by atoms with E-state index in [4.69, 9.17) is 0 Å². The zero-order chi connectivity index (χ0) is 6.41. The molecule has 0 aliphatic heterocycles. The summed E-state index contributed by atoms with van der Waals surface area (Å²) in [6, 6.07) is 0. The van der Waals surface area contributed by atoms with Crippen LogP contribution in [0.1, 0.15) is 46.5 Å². The SMILES string of the molecule is CCCCCC(C)C.[Hg]. The first-order valence-corrected chi connectivity index (χ1v) is 3.77. The van der Waals surface area contributed by atoms with Gasteiger partial charge in [0.1, 0.15) is 0 Å². The van der Waals surface area contributed by atoms with Gasteiger partial charge in [0.25, 0.3) is 0 Å². The average Bonchev–Trinajstić information content (AvgIpc) is 1.66. The molecule has 0 heterocycles. The van der Waals surface area contributed by atoms with Crippen LogP contribution in [0.4, 0.5) is 0 Å². The Bertz CT molecular complexity index is 41.8. The predicted molar refractivity (Wildman–Crippen MR) is 39.0 cm³/mol. The fraction of sp³-hybridized carbons (Fsp3) is 1.00. The van der Waals surface area contributed by atoms with E-state index >= 15 is 0 Å². The molecule has 0 aromatic heterocycles. The molecule has 0 unspecified atom stereocenters. The molecule has 0 bridgehead atoms. The number of hydrogen-bond acceptors (Lipinski definition) is 0. The van der Waals surface area contributed by atoms with Crippen LogP contribution in [0.3, 0.4) is 0 Å². The molecular weight excluding hydrogens is 297 g/mol. The van der Waals surface area contributed by atoms with Gasteiger partial charge in [-0.2, -0.15) is 0 Å². The monoisotopic (exact) mass is 316 g/mol. The van der Waals surface area contributed by atoms with E-state index in [1.165, 1.54) is 25.7 Å². The van der Waals surface area contributed by atoms with E-state index in [0.717, 1.165) is 5.92 Å². The van der Waals surface area contributed by atoms with E-state index in [0.29, 0.717) is 0 Å². The average molecular weight is 315 g/mol. The Hall–Kier alpha value is 0.935. The fourth-order valence-electron chi connectivity index (χ4n) is 0.803. The van der Waals surface area contributed by atoms with Crippen LogP contribution in [-0.2, 0) is 27.7 Å². The van der Waals surface area contributed by atoms with Crippen molar-refractivity contribution in [2.24, 2.45) is 5.92 Å². The first kappa shape index (κ1) is 12.6. The second kappa shape index (κ2) is 8.94. The third kappa shape index (κ3) is 12.2. The summed E-state index contributed by atoms with van der Waals surface area (Å²) in [7, 11) is 0. The Morgan fingerprint density at radius 3 is 2.00 bits per heavy atom. The van der Waals surface area contributed by atoms with Gasteiger partial charge in [-0.3, -0.25) is 0 Å². The normalized spacial score (nSPS) is 9.33. The molecule has 0 N–H and O–H groups in total. The number of unbranched alkanes of at least 4 members (excludes halogenated alkanes) is 2. The summed E-state index contributed by atoms with van der Waals surface area (Å²) in [4.78, 5) is 0. The standard InChI is InChI=1S/C8H18.Hg/c1-4-5-6-7-8(2)3;/h8H,4-7H2,1-3H3;. The molecule has 0 nitrogen and oxygen atoms in total.